The highest BCUT2D eigenvalue weighted by Gasteiger charge is 2.20. The first-order chi connectivity index (χ1) is 11.7. The van der Waals surface area contributed by atoms with Crippen LogP contribution in [0.25, 0.3) is 10.9 Å². The van der Waals surface area contributed by atoms with Gasteiger partial charge in [0.2, 0.25) is 0 Å². The average Bonchev–Trinajstić information content (AvgIpc) is 2.63. The van der Waals surface area contributed by atoms with Crippen LogP contribution in [0, 0.1) is 0 Å². The van der Waals surface area contributed by atoms with Crippen LogP contribution in [0.5, 0.6) is 5.75 Å². The normalized spacial score (nSPS) is 14.5. The lowest BCUT2D eigenvalue weighted by Crippen LogP contribution is -2.34. The van der Waals surface area contributed by atoms with Crippen molar-refractivity contribution in [1.82, 2.24) is 9.88 Å². The summed E-state index contributed by atoms with van der Waals surface area (Å²) in [5.41, 5.74) is 4.29. The van der Waals surface area contributed by atoms with Gasteiger partial charge in [0.1, 0.15) is 5.75 Å². The van der Waals surface area contributed by atoms with E-state index in [1.807, 2.05) is 36.4 Å². The fraction of sp³-hybridized carbons (Fsp3) is 0.250. The second-order valence-corrected chi connectivity index (χ2v) is 6.27. The topological polar surface area (TPSA) is 45.3 Å². The number of aromatic amines is 1. The molecule has 0 spiro atoms. The summed E-state index contributed by atoms with van der Waals surface area (Å²) < 4.78 is 5.29. The third-order valence-corrected chi connectivity index (χ3v) is 4.70. The molecular weight excluding hydrogens is 300 g/mol. The molecule has 2 heterocycles. The monoisotopic (exact) mass is 320 g/mol. The number of benzene rings is 2. The lowest BCUT2D eigenvalue weighted by atomic mass is 10.0. The Bertz CT molecular complexity index is 946. The van der Waals surface area contributed by atoms with Gasteiger partial charge in [-0.2, -0.15) is 0 Å². The fourth-order valence-corrected chi connectivity index (χ4v) is 3.44. The summed E-state index contributed by atoms with van der Waals surface area (Å²) in [6.07, 6.45) is 0.874. The number of para-hydroxylation sites is 1. The third-order valence-electron chi connectivity index (χ3n) is 4.70. The molecule has 0 fully saturated rings. The molecular formula is C20H20N2O2. The Hall–Kier alpha value is -2.59. The van der Waals surface area contributed by atoms with E-state index >= 15 is 0 Å². The molecule has 1 aliphatic heterocycles. The van der Waals surface area contributed by atoms with E-state index in [2.05, 4.69) is 22.0 Å². The number of hydrogen-bond acceptors (Lipinski definition) is 3. The number of H-pyrrole nitrogens is 1. The molecule has 0 bridgehead atoms. The minimum absolute atomic E-state index is 0.162. The van der Waals surface area contributed by atoms with Crippen LogP contribution >= 0.6 is 0 Å². The Morgan fingerprint density at radius 3 is 2.92 bits per heavy atom. The Labute approximate surface area is 140 Å². The lowest BCUT2D eigenvalue weighted by Gasteiger charge is -2.28. The second kappa shape index (κ2) is 6.13. The molecule has 0 saturated heterocycles. The van der Waals surface area contributed by atoms with Crippen molar-refractivity contribution in [3.05, 3.63) is 75.6 Å². The Balaban J connectivity index is 1.63. The molecule has 0 aliphatic carbocycles. The number of fused-ring (bicyclic) bond motifs is 2. The van der Waals surface area contributed by atoms with Crippen molar-refractivity contribution < 1.29 is 4.74 Å². The van der Waals surface area contributed by atoms with Crippen molar-refractivity contribution >= 4 is 10.9 Å². The van der Waals surface area contributed by atoms with E-state index in [-0.39, 0.29) is 5.43 Å². The molecule has 0 radical (unpaired) electrons. The van der Waals surface area contributed by atoms with Gasteiger partial charge in [0.15, 0.2) is 5.43 Å². The molecule has 24 heavy (non-hydrogen) atoms. The SMILES string of the molecule is COc1cccc(CN2CCc3[nH]c4ccccc4c(=O)c3C2)c1. The molecule has 0 unspecified atom stereocenters. The number of hydrogen-bond donors (Lipinski definition) is 1. The minimum Gasteiger partial charge on any atom is -0.497 e. The quantitative estimate of drug-likeness (QED) is 0.806. The molecule has 4 nitrogen and oxygen atoms in total. The van der Waals surface area contributed by atoms with Gasteiger partial charge in [0.25, 0.3) is 0 Å². The maximum absolute atomic E-state index is 12.8. The largest absolute Gasteiger partial charge is 0.497 e. The first-order valence-electron chi connectivity index (χ1n) is 8.22. The molecule has 0 atom stereocenters. The zero-order valence-electron chi connectivity index (χ0n) is 13.7. The zero-order chi connectivity index (χ0) is 16.5. The van der Waals surface area contributed by atoms with Crippen LogP contribution in [0.1, 0.15) is 16.8 Å². The number of ether oxygens (including phenoxy) is 1. The fourth-order valence-electron chi connectivity index (χ4n) is 3.44. The first kappa shape index (κ1) is 15.0. The summed E-state index contributed by atoms with van der Waals surface area (Å²) in [6.45, 7) is 2.45. The van der Waals surface area contributed by atoms with E-state index in [0.29, 0.717) is 6.54 Å². The van der Waals surface area contributed by atoms with Gasteiger partial charge < -0.3 is 9.72 Å². The molecule has 0 amide bonds. The van der Waals surface area contributed by atoms with Crippen LogP contribution in [-0.4, -0.2) is 23.5 Å². The van der Waals surface area contributed by atoms with Crippen LogP contribution in [0.4, 0.5) is 0 Å². The molecule has 1 N–H and O–H groups in total. The highest BCUT2D eigenvalue weighted by molar-refractivity contribution is 5.79. The smallest absolute Gasteiger partial charge is 0.194 e. The standard InChI is InChI=1S/C20H20N2O2/c1-24-15-6-4-5-14(11-15)12-22-10-9-19-17(13-22)20(23)16-7-2-3-8-18(16)21-19/h2-8,11H,9-10,12-13H2,1H3,(H,21,23). The Kier molecular flexibility index (Phi) is 3.82. The molecule has 1 aliphatic rings. The molecule has 3 aromatic rings. The number of aromatic nitrogens is 1. The van der Waals surface area contributed by atoms with Crippen LogP contribution in [-0.2, 0) is 19.5 Å². The first-order valence-corrected chi connectivity index (χ1v) is 8.22. The predicted molar refractivity (Wildman–Crippen MR) is 95.4 cm³/mol. The van der Waals surface area contributed by atoms with Gasteiger partial charge in [-0.1, -0.05) is 24.3 Å². The number of methoxy groups -OCH3 is 1. The maximum atomic E-state index is 12.8. The van der Waals surface area contributed by atoms with Crippen LogP contribution < -0.4 is 10.2 Å². The van der Waals surface area contributed by atoms with E-state index < -0.39 is 0 Å². The van der Waals surface area contributed by atoms with Gasteiger partial charge in [0, 0.05) is 48.2 Å². The summed E-state index contributed by atoms with van der Waals surface area (Å²) in [7, 11) is 1.68. The van der Waals surface area contributed by atoms with Crippen molar-refractivity contribution in [2.75, 3.05) is 13.7 Å². The van der Waals surface area contributed by atoms with Crippen LogP contribution in [0.2, 0.25) is 0 Å². The molecule has 4 rings (SSSR count). The number of pyridine rings is 1. The average molecular weight is 320 g/mol. The highest BCUT2D eigenvalue weighted by atomic mass is 16.5. The summed E-state index contributed by atoms with van der Waals surface area (Å²) in [5.74, 6) is 0.869. The van der Waals surface area contributed by atoms with Gasteiger partial charge >= 0.3 is 0 Å². The van der Waals surface area contributed by atoms with Crippen LogP contribution in [0.15, 0.2) is 53.3 Å². The van der Waals surface area contributed by atoms with Crippen molar-refractivity contribution in [2.45, 2.75) is 19.5 Å². The van der Waals surface area contributed by atoms with E-state index in [1.165, 1.54) is 5.56 Å². The molecule has 1 aromatic heterocycles. The van der Waals surface area contributed by atoms with E-state index in [4.69, 9.17) is 4.74 Å². The Morgan fingerprint density at radius 2 is 2.04 bits per heavy atom. The molecule has 2 aromatic carbocycles. The third kappa shape index (κ3) is 2.69. The molecule has 0 saturated carbocycles. The van der Waals surface area contributed by atoms with Gasteiger partial charge in [0.05, 0.1) is 7.11 Å². The van der Waals surface area contributed by atoms with Crippen molar-refractivity contribution in [3.8, 4) is 5.75 Å². The summed E-state index contributed by atoms with van der Waals surface area (Å²) >= 11 is 0. The summed E-state index contributed by atoms with van der Waals surface area (Å²) in [4.78, 5) is 18.6. The van der Waals surface area contributed by atoms with E-state index in [9.17, 15) is 4.79 Å². The van der Waals surface area contributed by atoms with Gasteiger partial charge in [-0.05, 0) is 29.8 Å². The number of nitrogens with zero attached hydrogens (tertiary/aromatic N) is 1. The molecule has 4 heteroatoms. The number of nitrogens with one attached hydrogen (secondary N) is 1. The summed E-state index contributed by atoms with van der Waals surface area (Å²) in [6, 6.07) is 15.9. The zero-order valence-corrected chi connectivity index (χ0v) is 13.7. The van der Waals surface area contributed by atoms with Gasteiger partial charge in [-0.15, -0.1) is 0 Å². The van der Waals surface area contributed by atoms with Crippen molar-refractivity contribution in [2.24, 2.45) is 0 Å². The summed E-state index contributed by atoms with van der Waals surface area (Å²) in [5, 5.41) is 0.777. The second-order valence-electron chi connectivity index (χ2n) is 6.27. The Morgan fingerprint density at radius 1 is 1.17 bits per heavy atom. The lowest BCUT2D eigenvalue weighted by molar-refractivity contribution is 0.242. The minimum atomic E-state index is 0.162. The van der Waals surface area contributed by atoms with Crippen molar-refractivity contribution in [3.63, 3.8) is 0 Å². The maximum Gasteiger partial charge on any atom is 0.194 e. The van der Waals surface area contributed by atoms with Gasteiger partial charge in [-0.25, -0.2) is 0 Å². The van der Waals surface area contributed by atoms with Crippen LogP contribution in [0.3, 0.4) is 0 Å². The van der Waals surface area contributed by atoms with E-state index in [1.54, 1.807) is 7.11 Å². The highest BCUT2D eigenvalue weighted by Crippen LogP contribution is 2.21. The number of rotatable bonds is 3. The predicted octanol–water partition coefficient (Wildman–Crippen LogP) is 3.10. The van der Waals surface area contributed by atoms with E-state index in [0.717, 1.165) is 47.4 Å². The van der Waals surface area contributed by atoms with Gasteiger partial charge in [-0.3, -0.25) is 9.69 Å². The van der Waals surface area contributed by atoms with Crippen molar-refractivity contribution in [1.29, 1.82) is 0 Å². The molecule has 122 valence electrons.